The van der Waals surface area contributed by atoms with Crippen molar-refractivity contribution < 1.29 is 14.6 Å². The molecule has 0 spiro atoms. The van der Waals surface area contributed by atoms with Gasteiger partial charge in [0.15, 0.2) is 0 Å². The Balaban J connectivity index is 1.89. The fraction of sp³-hybridized carbons (Fsp3) is 0.375. The second-order valence-corrected chi connectivity index (χ2v) is 17.5. The fourth-order valence-corrected chi connectivity index (χ4v) is 4.49. The summed E-state index contributed by atoms with van der Waals surface area (Å²) in [6, 6.07) is 5.87. The quantitative estimate of drug-likeness (QED) is 0.293. The lowest BCUT2D eigenvalue weighted by Crippen LogP contribution is -2.22. The Hall–Kier alpha value is 0.530. The van der Waals surface area contributed by atoms with Crippen LogP contribution < -0.4 is 5.32 Å². The number of carboxylic acids is 1. The van der Waals surface area contributed by atoms with Gasteiger partial charge in [0.2, 0.25) is -0.379 Å². The van der Waals surface area contributed by atoms with E-state index in [9.17, 15) is 9.90 Å². The van der Waals surface area contributed by atoms with E-state index in [0.717, 1.165) is 34.6 Å². The molecule has 25 heavy (non-hydrogen) atoms. The number of pyridine rings is 1. The van der Waals surface area contributed by atoms with Crippen molar-refractivity contribution in [2.24, 2.45) is 0 Å². The molecule has 0 unspecified atom stereocenters. The minimum Gasteiger partial charge on any atom is -0.478 e. The van der Waals surface area contributed by atoms with Gasteiger partial charge in [0.25, 0.3) is 0 Å². The molecule has 0 saturated heterocycles. The molecule has 1 aromatic carbocycles. The van der Waals surface area contributed by atoms with Gasteiger partial charge in [-0.1, -0.05) is 15.9 Å². The van der Waals surface area contributed by atoms with Crippen LogP contribution in [-0.4, -0.2) is 27.8 Å². The SMILES string of the molecule is O=C(O)c1cnc2ccc(Br)cc2c1N[C@H]1CC[C@H](OC(I)(I)I)C1. The zero-order valence-electron chi connectivity index (χ0n) is 12.8. The highest BCUT2D eigenvalue weighted by molar-refractivity contribution is 14.3. The van der Waals surface area contributed by atoms with Crippen molar-refractivity contribution in [3.05, 3.63) is 34.4 Å². The number of benzene rings is 1. The van der Waals surface area contributed by atoms with Gasteiger partial charge in [-0.3, -0.25) is 4.98 Å². The molecule has 0 bridgehead atoms. The molecule has 3 rings (SSSR count). The molecule has 5 nitrogen and oxygen atoms in total. The van der Waals surface area contributed by atoms with Gasteiger partial charge in [-0.2, -0.15) is 0 Å². The highest BCUT2D eigenvalue weighted by Gasteiger charge is 2.32. The van der Waals surface area contributed by atoms with E-state index in [0.29, 0.717) is 5.69 Å². The Kier molecular flexibility index (Phi) is 6.70. The molecule has 1 aromatic heterocycles. The lowest BCUT2D eigenvalue weighted by Gasteiger charge is -2.21. The van der Waals surface area contributed by atoms with Crippen LogP contribution in [0.5, 0.6) is 0 Å². The summed E-state index contributed by atoms with van der Waals surface area (Å²) >= 11 is 10.3. The molecule has 2 aromatic rings. The van der Waals surface area contributed by atoms with E-state index in [1.54, 1.807) is 0 Å². The third-order valence-corrected chi connectivity index (χ3v) is 5.35. The van der Waals surface area contributed by atoms with E-state index >= 15 is 0 Å². The Morgan fingerprint density at radius 3 is 2.80 bits per heavy atom. The summed E-state index contributed by atoms with van der Waals surface area (Å²) in [4.78, 5) is 15.9. The van der Waals surface area contributed by atoms with Crippen molar-refractivity contribution in [3.63, 3.8) is 0 Å². The molecule has 1 aliphatic carbocycles. The summed E-state index contributed by atoms with van der Waals surface area (Å²) in [5.41, 5.74) is 1.60. The minimum absolute atomic E-state index is 0.177. The van der Waals surface area contributed by atoms with Crippen LogP contribution in [0.15, 0.2) is 28.9 Å². The number of ether oxygens (including phenoxy) is 1. The molecule has 2 N–H and O–H groups in total. The van der Waals surface area contributed by atoms with E-state index in [2.05, 4.69) is 94.0 Å². The van der Waals surface area contributed by atoms with Gasteiger partial charge in [-0.05, 0) is 105 Å². The molecule has 9 heteroatoms. The predicted molar refractivity (Wildman–Crippen MR) is 127 cm³/mol. The Labute approximate surface area is 194 Å². The summed E-state index contributed by atoms with van der Waals surface area (Å²) in [5, 5.41) is 13.8. The number of anilines is 1. The van der Waals surface area contributed by atoms with E-state index in [4.69, 9.17) is 4.74 Å². The van der Waals surface area contributed by atoms with Gasteiger partial charge in [0.05, 0.1) is 17.3 Å². The molecule has 0 radical (unpaired) electrons. The Bertz CT molecular complexity index is 813. The number of fused-ring (bicyclic) bond motifs is 1. The first kappa shape index (κ1) is 20.3. The second kappa shape index (κ2) is 8.27. The number of hydrogen-bond donors (Lipinski definition) is 2. The molecule has 1 heterocycles. The molecule has 134 valence electrons. The first-order chi connectivity index (χ1) is 11.7. The second-order valence-electron chi connectivity index (χ2n) is 5.85. The van der Waals surface area contributed by atoms with Gasteiger partial charge < -0.3 is 15.2 Å². The van der Waals surface area contributed by atoms with Crippen LogP contribution in [0.2, 0.25) is 0 Å². The third-order valence-electron chi connectivity index (χ3n) is 4.09. The summed E-state index contributed by atoms with van der Waals surface area (Å²) in [6.45, 7) is 0. The standard InChI is InChI=1S/C16H14BrI3N2O3/c17-8-1-4-13-11(5-8)14(12(7-21-13)15(23)24)22-9-2-3-10(6-9)25-16(18,19)20/h1,4-5,7,9-10H,2-3,6H2,(H,21,22)(H,23,24)/t9-,10-/m0/s1. The maximum absolute atomic E-state index is 11.7. The molecule has 0 amide bonds. The lowest BCUT2D eigenvalue weighted by molar-refractivity contribution is 0.0697. The van der Waals surface area contributed by atoms with Crippen LogP contribution in [0.1, 0.15) is 29.6 Å². The van der Waals surface area contributed by atoms with Gasteiger partial charge >= 0.3 is 5.97 Å². The topological polar surface area (TPSA) is 71.5 Å². The van der Waals surface area contributed by atoms with Crippen LogP contribution in [0.3, 0.4) is 0 Å². The van der Waals surface area contributed by atoms with E-state index in [-0.39, 0.29) is 17.3 Å². The van der Waals surface area contributed by atoms with Crippen molar-refractivity contribution in [1.82, 2.24) is 4.98 Å². The number of hydrogen-bond acceptors (Lipinski definition) is 4. The van der Waals surface area contributed by atoms with Crippen molar-refractivity contribution in [1.29, 1.82) is 0 Å². The summed E-state index contributed by atoms with van der Waals surface area (Å²) in [7, 11) is 0. The smallest absolute Gasteiger partial charge is 0.339 e. The third kappa shape index (κ3) is 5.29. The normalized spacial score (nSPS) is 20.8. The maximum Gasteiger partial charge on any atom is 0.339 e. The van der Waals surface area contributed by atoms with Crippen molar-refractivity contribution in [3.8, 4) is 0 Å². The van der Waals surface area contributed by atoms with E-state index in [1.165, 1.54) is 6.20 Å². The number of carboxylic acid groups (broad SMARTS) is 1. The zero-order chi connectivity index (χ0) is 18.2. The highest BCUT2D eigenvalue weighted by atomic mass is 127. The largest absolute Gasteiger partial charge is 0.478 e. The molecular formula is C16H14BrI3N2O3. The minimum atomic E-state index is -0.978. The molecule has 1 aliphatic rings. The first-order valence-electron chi connectivity index (χ1n) is 7.55. The first-order valence-corrected chi connectivity index (χ1v) is 11.6. The number of rotatable bonds is 5. The van der Waals surface area contributed by atoms with Gasteiger partial charge in [-0.15, -0.1) is 0 Å². The molecule has 1 fully saturated rings. The number of carbonyl (C=O) groups is 1. The zero-order valence-corrected chi connectivity index (χ0v) is 20.9. The Morgan fingerprint density at radius 1 is 1.36 bits per heavy atom. The predicted octanol–water partition coefficient (Wildman–Crippen LogP) is 5.96. The van der Waals surface area contributed by atoms with Crippen LogP contribution >= 0.6 is 83.7 Å². The lowest BCUT2D eigenvalue weighted by atomic mass is 10.1. The fourth-order valence-electron chi connectivity index (χ4n) is 3.05. The van der Waals surface area contributed by atoms with Crippen LogP contribution in [-0.2, 0) is 4.74 Å². The number of aromatic carboxylic acids is 1. The van der Waals surface area contributed by atoms with Gasteiger partial charge in [0, 0.05) is 22.1 Å². The monoisotopic (exact) mass is 742 g/mol. The van der Waals surface area contributed by atoms with Gasteiger partial charge in [-0.25, -0.2) is 4.79 Å². The molecular weight excluding hydrogens is 729 g/mol. The van der Waals surface area contributed by atoms with E-state index < -0.39 is 5.97 Å². The number of aromatic nitrogens is 1. The summed E-state index contributed by atoms with van der Waals surface area (Å²) in [5.74, 6) is -0.978. The van der Waals surface area contributed by atoms with E-state index in [1.807, 2.05) is 18.2 Å². The molecule has 0 aliphatic heterocycles. The van der Waals surface area contributed by atoms with Crippen molar-refractivity contribution in [2.75, 3.05) is 5.32 Å². The average molecular weight is 743 g/mol. The average Bonchev–Trinajstić information content (AvgIpc) is 2.92. The Morgan fingerprint density at radius 2 is 2.12 bits per heavy atom. The summed E-state index contributed by atoms with van der Waals surface area (Å²) in [6.07, 6.45) is 4.37. The molecule has 2 atom stereocenters. The van der Waals surface area contributed by atoms with Crippen molar-refractivity contribution >= 4 is 106 Å². The summed E-state index contributed by atoms with van der Waals surface area (Å²) < 4.78 is 6.67. The molecule has 1 saturated carbocycles. The van der Waals surface area contributed by atoms with Gasteiger partial charge in [0.1, 0.15) is 5.56 Å². The number of nitrogens with one attached hydrogen (secondary N) is 1. The highest BCUT2D eigenvalue weighted by Crippen LogP contribution is 2.41. The van der Waals surface area contributed by atoms with Crippen LogP contribution in [0.4, 0.5) is 5.69 Å². The maximum atomic E-state index is 11.7. The number of nitrogens with zero attached hydrogens (tertiary/aromatic N) is 1. The number of alkyl halides is 3. The van der Waals surface area contributed by atoms with Crippen LogP contribution in [0.25, 0.3) is 10.9 Å². The number of halogens is 4. The van der Waals surface area contributed by atoms with Crippen LogP contribution in [0, 0.1) is 0 Å². The van der Waals surface area contributed by atoms with Crippen molar-refractivity contribution in [2.45, 2.75) is 31.0 Å².